The van der Waals surface area contributed by atoms with E-state index >= 15 is 0 Å². The van der Waals surface area contributed by atoms with E-state index in [1.54, 1.807) is 13.3 Å². The maximum atomic E-state index is 5.06. The molecule has 1 N–H and O–H groups in total. The van der Waals surface area contributed by atoms with Gasteiger partial charge in [0.05, 0.1) is 6.10 Å². The quantitative estimate of drug-likeness (QED) is 0.724. The smallest absolute Gasteiger partial charge is 0.148 e. The van der Waals surface area contributed by atoms with Gasteiger partial charge in [0.1, 0.15) is 5.82 Å². The second kappa shape index (κ2) is 4.66. The Morgan fingerprint density at radius 3 is 3.08 bits per heavy atom. The summed E-state index contributed by atoms with van der Waals surface area (Å²) < 4.78 is 5.06. The summed E-state index contributed by atoms with van der Waals surface area (Å²) in [4.78, 5) is 0. The summed E-state index contributed by atoms with van der Waals surface area (Å²) in [6.07, 6.45) is 1.83. The molecule has 0 saturated heterocycles. The monoisotopic (exact) mass is 167 g/mol. The van der Waals surface area contributed by atoms with Gasteiger partial charge in [-0.15, -0.1) is 5.10 Å². The van der Waals surface area contributed by atoms with Crippen molar-refractivity contribution in [2.45, 2.75) is 13.0 Å². The number of hydrogen-bond acceptors (Lipinski definition) is 4. The first-order valence-electron chi connectivity index (χ1n) is 3.87. The molecule has 0 saturated carbocycles. The lowest BCUT2D eigenvalue weighted by atomic mass is 10.4. The molecule has 1 unspecified atom stereocenters. The van der Waals surface area contributed by atoms with Gasteiger partial charge >= 0.3 is 0 Å². The molecule has 0 amide bonds. The summed E-state index contributed by atoms with van der Waals surface area (Å²) in [5, 5.41) is 10.7. The summed E-state index contributed by atoms with van der Waals surface area (Å²) in [6, 6.07) is 3.71. The molecule has 0 radical (unpaired) electrons. The molecule has 1 heterocycles. The van der Waals surface area contributed by atoms with E-state index in [2.05, 4.69) is 15.5 Å². The molecule has 0 aliphatic heterocycles. The van der Waals surface area contributed by atoms with Crippen LogP contribution in [0, 0.1) is 0 Å². The van der Waals surface area contributed by atoms with Crippen molar-refractivity contribution >= 4 is 5.82 Å². The van der Waals surface area contributed by atoms with Crippen LogP contribution in [0.3, 0.4) is 0 Å². The standard InChI is InChI=1S/C8H13N3O/c1-7(12-2)6-9-8-4-3-5-10-11-8/h3-5,7H,6H2,1-2H3,(H,9,11). The Kier molecular flexibility index (Phi) is 3.47. The van der Waals surface area contributed by atoms with E-state index in [4.69, 9.17) is 4.74 Å². The average molecular weight is 167 g/mol. The van der Waals surface area contributed by atoms with E-state index in [9.17, 15) is 0 Å². The van der Waals surface area contributed by atoms with Crippen molar-refractivity contribution in [1.29, 1.82) is 0 Å². The van der Waals surface area contributed by atoms with E-state index in [0.717, 1.165) is 12.4 Å². The zero-order valence-corrected chi connectivity index (χ0v) is 7.32. The SMILES string of the molecule is COC(C)CNc1cccnn1. The zero-order chi connectivity index (χ0) is 8.81. The third-order valence-corrected chi connectivity index (χ3v) is 1.55. The summed E-state index contributed by atoms with van der Waals surface area (Å²) >= 11 is 0. The molecular weight excluding hydrogens is 154 g/mol. The number of methoxy groups -OCH3 is 1. The highest BCUT2D eigenvalue weighted by Gasteiger charge is 1.98. The zero-order valence-electron chi connectivity index (χ0n) is 7.32. The molecule has 4 nitrogen and oxygen atoms in total. The van der Waals surface area contributed by atoms with Gasteiger partial charge in [0.15, 0.2) is 0 Å². The Balaban J connectivity index is 2.33. The Bertz CT molecular complexity index is 215. The average Bonchev–Trinajstić information content (AvgIpc) is 2.16. The van der Waals surface area contributed by atoms with Gasteiger partial charge in [-0.1, -0.05) is 0 Å². The maximum absolute atomic E-state index is 5.06. The summed E-state index contributed by atoms with van der Waals surface area (Å²) in [6.45, 7) is 2.73. The van der Waals surface area contributed by atoms with E-state index in [1.165, 1.54) is 0 Å². The van der Waals surface area contributed by atoms with Crippen molar-refractivity contribution in [2.24, 2.45) is 0 Å². The van der Waals surface area contributed by atoms with Crippen LogP contribution in [-0.2, 0) is 4.74 Å². The number of anilines is 1. The minimum Gasteiger partial charge on any atom is -0.380 e. The van der Waals surface area contributed by atoms with Crippen molar-refractivity contribution in [3.63, 3.8) is 0 Å². The fourth-order valence-electron chi connectivity index (χ4n) is 0.727. The highest BCUT2D eigenvalue weighted by atomic mass is 16.5. The first-order chi connectivity index (χ1) is 5.83. The van der Waals surface area contributed by atoms with Crippen LogP contribution in [0.4, 0.5) is 5.82 Å². The van der Waals surface area contributed by atoms with Crippen molar-refractivity contribution in [2.75, 3.05) is 19.0 Å². The number of ether oxygens (including phenoxy) is 1. The predicted octanol–water partition coefficient (Wildman–Crippen LogP) is 0.923. The van der Waals surface area contributed by atoms with Crippen LogP contribution in [0.1, 0.15) is 6.92 Å². The van der Waals surface area contributed by atoms with E-state index in [-0.39, 0.29) is 6.10 Å². The van der Waals surface area contributed by atoms with Gasteiger partial charge in [0.2, 0.25) is 0 Å². The van der Waals surface area contributed by atoms with Crippen LogP contribution in [0.25, 0.3) is 0 Å². The summed E-state index contributed by atoms with van der Waals surface area (Å²) in [5.41, 5.74) is 0. The molecule has 0 spiro atoms. The van der Waals surface area contributed by atoms with Gasteiger partial charge in [-0.25, -0.2) is 0 Å². The molecule has 12 heavy (non-hydrogen) atoms. The van der Waals surface area contributed by atoms with Gasteiger partial charge in [-0.2, -0.15) is 5.10 Å². The molecule has 1 aromatic heterocycles. The van der Waals surface area contributed by atoms with Crippen LogP contribution >= 0.6 is 0 Å². The number of nitrogens with one attached hydrogen (secondary N) is 1. The highest BCUT2D eigenvalue weighted by molar-refractivity contribution is 5.31. The topological polar surface area (TPSA) is 47.0 Å². The minimum absolute atomic E-state index is 0.187. The van der Waals surface area contributed by atoms with E-state index in [0.29, 0.717) is 0 Å². The predicted molar refractivity (Wildman–Crippen MR) is 47.0 cm³/mol. The van der Waals surface area contributed by atoms with Crippen molar-refractivity contribution in [1.82, 2.24) is 10.2 Å². The van der Waals surface area contributed by atoms with Crippen LogP contribution < -0.4 is 5.32 Å². The molecule has 1 rings (SSSR count). The lowest BCUT2D eigenvalue weighted by Gasteiger charge is -2.09. The Morgan fingerprint density at radius 2 is 2.50 bits per heavy atom. The number of hydrogen-bond donors (Lipinski definition) is 1. The van der Waals surface area contributed by atoms with E-state index < -0.39 is 0 Å². The van der Waals surface area contributed by atoms with Crippen molar-refractivity contribution in [3.05, 3.63) is 18.3 Å². The molecule has 4 heteroatoms. The Morgan fingerprint density at radius 1 is 1.67 bits per heavy atom. The fourth-order valence-corrected chi connectivity index (χ4v) is 0.727. The van der Waals surface area contributed by atoms with E-state index in [1.807, 2.05) is 19.1 Å². The van der Waals surface area contributed by atoms with Crippen molar-refractivity contribution in [3.8, 4) is 0 Å². The third kappa shape index (κ3) is 2.84. The molecule has 1 atom stereocenters. The van der Waals surface area contributed by atoms with Crippen LogP contribution in [0.15, 0.2) is 18.3 Å². The second-order valence-electron chi connectivity index (χ2n) is 2.54. The maximum Gasteiger partial charge on any atom is 0.148 e. The molecule has 0 aliphatic carbocycles. The number of aromatic nitrogens is 2. The largest absolute Gasteiger partial charge is 0.380 e. The van der Waals surface area contributed by atoms with Gasteiger partial charge < -0.3 is 10.1 Å². The van der Waals surface area contributed by atoms with Gasteiger partial charge in [-0.3, -0.25) is 0 Å². The highest BCUT2D eigenvalue weighted by Crippen LogP contribution is 1.98. The first kappa shape index (κ1) is 8.93. The van der Waals surface area contributed by atoms with Crippen LogP contribution in [0.5, 0.6) is 0 Å². The summed E-state index contributed by atoms with van der Waals surface area (Å²) in [5.74, 6) is 0.779. The summed E-state index contributed by atoms with van der Waals surface area (Å²) in [7, 11) is 1.68. The molecule has 1 aromatic rings. The Labute approximate surface area is 72.0 Å². The normalized spacial score (nSPS) is 12.5. The van der Waals surface area contributed by atoms with Crippen LogP contribution in [0.2, 0.25) is 0 Å². The molecular formula is C8H13N3O. The van der Waals surface area contributed by atoms with Gasteiger partial charge in [0.25, 0.3) is 0 Å². The minimum atomic E-state index is 0.187. The lowest BCUT2D eigenvalue weighted by Crippen LogP contribution is -2.18. The Hall–Kier alpha value is -1.16. The van der Waals surface area contributed by atoms with Crippen LogP contribution in [-0.4, -0.2) is 30.0 Å². The fraction of sp³-hybridized carbons (Fsp3) is 0.500. The number of rotatable bonds is 4. The molecule has 0 aliphatic rings. The molecule has 66 valence electrons. The first-order valence-corrected chi connectivity index (χ1v) is 3.87. The van der Waals surface area contributed by atoms with Gasteiger partial charge in [0, 0.05) is 19.9 Å². The molecule has 0 aromatic carbocycles. The number of nitrogens with zero attached hydrogens (tertiary/aromatic N) is 2. The second-order valence-corrected chi connectivity index (χ2v) is 2.54. The molecule has 0 bridgehead atoms. The van der Waals surface area contributed by atoms with Gasteiger partial charge in [-0.05, 0) is 19.1 Å². The van der Waals surface area contributed by atoms with Crippen molar-refractivity contribution < 1.29 is 4.74 Å². The lowest BCUT2D eigenvalue weighted by molar-refractivity contribution is 0.128. The molecule has 0 fully saturated rings. The third-order valence-electron chi connectivity index (χ3n) is 1.55.